The van der Waals surface area contributed by atoms with Crippen LogP contribution in [0.5, 0.6) is 0 Å². The maximum absolute atomic E-state index is 12.9. The van der Waals surface area contributed by atoms with Gasteiger partial charge in [-0.15, -0.1) is 11.3 Å². The first-order valence-electron chi connectivity index (χ1n) is 10.0. The minimum atomic E-state index is -0.0667. The summed E-state index contributed by atoms with van der Waals surface area (Å²) in [6.07, 6.45) is 14.2. The summed E-state index contributed by atoms with van der Waals surface area (Å²) in [6, 6.07) is 0.254. The molecule has 0 atom stereocenters. The molecule has 140 valence electrons. The van der Waals surface area contributed by atoms with Crippen LogP contribution >= 0.6 is 11.3 Å². The Morgan fingerprint density at radius 2 is 1.85 bits per heavy atom. The summed E-state index contributed by atoms with van der Waals surface area (Å²) in [5.74, 6) is -0.0667. The van der Waals surface area contributed by atoms with Gasteiger partial charge in [-0.2, -0.15) is 0 Å². The van der Waals surface area contributed by atoms with E-state index in [2.05, 4.69) is 10.3 Å². The van der Waals surface area contributed by atoms with Gasteiger partial charge >= 0.3 is 0 Å². The van der Waals surface area contributed by atoms with Gasteiger partial charge in [-0.05, 0) is 44.1 Å². The van der Waals surface area contributed by atoms with Crippen LogP contribution in [0.3, 0.4) is 0 Å². The number of carbonyl (C=O) groups excluding carboxylic acids is 1. The van der Waals surface area contributed by atoms with Gasteiger partial charge in [-0.3, -0.25) is 14.2 Å². The lowest BCUT2D eigenvalue weighted by Gasteiger charge is -2.21. The van der Waals surface area contributed by atoms with Crippen LogP contribution in [-0.2, 0) is 24.2 Å². The molecule has 1 N–H and O–H groups in total. The minimum Gasteiger partial charge on any atom is -0.352 e. The molecule has 2 aromatic heterocycles. The number of amides is 1. The van der Waals surface area contributed by atoms with Crippen molar-refractivity contribution >= 4 is 27.5 Å². The second-order valence-corrected chi connectivity index (χ2v) is 8.76. The van der Waals surface area contributed by atoms with Crippen LogP contribution in [0.25, 0.3) is 10.2 Å². The number of hydrogen-bond donors (Lipinski definition) is 1. The smallest absolute Gasteiger partial charge is 0.262 e. The van der Waals surface area contributed by atoms with E-state index in [4.69, 9.17) is 0 Å². The SMILES string of the molecule is O=C(Cn1cnc2sc3c(c2c1=O)CCCC3)NC1CCCCCCC1. The van der Waals surface area contributed by atoms with E-state index >= 15 is 0 Å². The molecule has 26 heavy (non-hydrogen) atoms. The van der Waals surface area contributed by atoms with E-state index in [0.29, 0.717) is 0 Å². The van der Waals surface area contributed by atoms with Gasteiger partial charge in [-0.1, -0.05) is 32.1 Å². The first-order chi connectivity index (χ1) is 12.7. The third-order valence-electron chi connectivity index (χ3n) is 5.73. The van der Waals surface area contributed by atoms with Crippen molar-refractivity contribution in [3.05, 3.63) is 27.1 Å². The number of nitrogens with one attached hydrogen (secondary N) is 1. The fraction of sp³-hybridized carbons (Fsp3) is 0.650. The molecular formula is C20H27N3O2S. The lowest BCUT2D eigenvalue weighted by atomic mass is 9.97. The third kappa shape index (κ3) is 3.70. The fourth-order valence-corrected chi connectivity index (χ4v) is 5.54. The van der Waals surface area contributed by atoms with Crippen molar-refractivity contribution in [2.75, 3.05) is 0 Å². The number of aromatic nitrogens is 2. The van der Waals surface area contributed by atoms with Gasteiger partial charge in [0.1, 0.15) is 11.4 Å². The average Bonchev–Trinajstić information content (AvgIpc) is 2.99. The molecule has 2 aliphatic carbocycles. The molecule has 0 radical (unpaired) electrons. The third-order valence-corrected chi connectivity index (χ3v) is 6.93. The van der Waals surface area contributed by atoms with Gasteiger partial charge in [0, 0.05) is 10.9 Å². The number of thiophene rings is 1. The van der Waals surface area contributed by atoms with Gasteiger partial charge in [0.05, 0.1) is 11.7 Å². The number of hydrogen-bond acceptors (Lipinski definition) is 4. The van der Waals surface area contributed by atoms with E-state index in [9.17, 15) is 9.59 Å². The van der Waals surface area contributed by atoms with Crippen LogP contribution in [0.15, 0.2) is 11.1 Å². The van der Waals surface area contributed by atoms with Crippen molar-refractivity contribution in [2.24, 2.45) is 0 Å². The Labute approximate surface area is 157 Å². The van der Waals surface area contributed by atoms with Crippen LogP contribution in [0.1, 0.15) is 68.2 Å². The molecule has 2 aromatic rings. The highest BCUT2D eigenvalue weighted by atomic mass is 32.1. The minimum absolute atomic E-state index is 0.0535. The summed E-state index contributed by atoms with van der Waals surface area (Å²) < 4.78 is 1.49. The van der Waals surface area contributed by atoms with E-state index in [1.54, 1.807) is 17.7 Å². The quantitative estimate of drug-likeness (QED) is 0.895. The van der Waals surface area contributed by atoms with Crippen molar-refractivity contribution in [3.8, 4) is 0 Å². The maximum Gasteiger partial charge on any atom is 0.262 e. The van der Waals surface area contributed by atoms with E-state index in [1.807, 2.05) is 0 Å². The topological polar surface area (TPSA) is 64.0 Å². The highest BCUT2D eigenvalue weighted by Gasteiger charge is 2.21. The summed E-state index contributed by atoms with van der Waals surface area (Å²) in [5.41, 5.74) is 1.13. The van der Waals surface area contributed by atoms with Crippen LogP contribution in [0.4, 0.5) is 0 Å². The Kier molecular flexibility index (Phi) is 5.38. The van der Waals surface area contributed by atoms with Gasteiger partial charge < -0.3 is 5.32 Å². The van der Waals surface area contributed by atoms with Gasteiger partial charge in [0.25, 0.3) is 5.56 Å². The lowest BCUT2D eigenvalue weighted by Crippen LogP contribution is -2.39. The zero-order valence-electron chi connectivity index (χ0n) is 15.3. The second-order valence-electron chi connectivity index (χ2n) is 7.68. The van der Waals surface area contributed by atoms with Crippen molar-refractivity contribution in [3.63, 3.8) is 0 Å². The predicted molar refractivity (Wildman–Crippen MR) is 105 cm³/mol. The molecule has 2 aliphatic rings. The molecular weight excluding hydrogens is 346 g/mol. The van der Waals surface area contributed by atoms with E-state index in [-0.39, 0.29) is 24.1 Å². The first kappa shape index (κ1) is 17.7. The zero-order chi connectivity index (χ0) is 17.9. The summed E-state index contributed by atoms with van der Waals surface area (Å²) in [7, 11) is 0. The summed E-state index contributed by atoms with van der Waals surface area (Å²) in [5, 5.41) is 3.90. The highest BCUT2D eigenvalue weighted by molar-refractivity contribution is 7.18. The van der Waals surface area contributed by atoms with Crippen LogP contribution in [-0.4, -0.2) is 21.5 Å². The van der Waals surface area contributed by atoms with Gasteiger partial charge in [-0.25, -0.2) is 4.98 Å². The van der Waals surface area contributed by atoms with Crippen molar-refractivity contribution in [2.45, 2.75) is 83.2 Å². The van der Waals surface area contributed by atoms with E-state index in [1.165, 1.54) is 53.5 Å². The molecule has 0 spiro atoms. The zero-order valence-corrected chi connectivity index (χ0v) is 16.1. The Morgan fingerprint density at radius 1 is 1.12 bits per heavy atom. The molecule has 0 aliphatic heterocycles. The molecule has 6 heteroatoms. The predicted octanol–water partition coefficient (Wildman–Crippen LogP) is 3.57. The van der Waals surface area contributed by atoms with Crippen LogP contribution in [0, 0.1) is 0 Å². The average molecular weight is 374 g/mol. The normalized spacial score (nSPS) is 18.9. The van der Waals surface area contributed by atoms with E-state index < -0.39 is 0 Å². The molecule has 0 unspecified atom stereocenters. The molecule has 2 heterocycles. The van der Waals surface area contributed by atoms with E-state index in [0.717, 1.165) is 42.3 Å². The largest absolute Gasteiger partial charge is 0.352 e. The number of fused-ring (bicyclic) bond motifs is 3. The molecule has 4 rings (SSSR count). The van der Waals surface area contributed by atoms with Crippen LogP contribution < -0.4 is 10.9 Å². The Bertz CT molecular complexity index is 847. The van der Waals surface area contributed by atoms with Gasteiger partial charge in [0.15, 0.2) is 0 Å². The standard InChI is InChI=1S/C20H27N3O2S/c24-17(22-14-8-4-2-1-3-5-9-14)12-23-13-21-19-18(20(23)25)15-10-6-7-11-16(15)26-19/h13-14H,1-12H2,(H,22,24). The molecule has 0 aromatic carbocycles. The first-order valence-corrected chi connectivity index (χ1v) is 10.8. The Hall–Kier alpha value is -1.69. The molecule has 1 fully saturated rings. The number of nitrogens with zero attached hydrogens (tertiary/aromatic N) is 2. The lowest BCUT2D eigenvalue weighted by molar-refractivity contribution is -0.122. The summed E-state index contributed by atoms with van der Waals surface area (Å²) in [4.78, 5) is 32.1. The monoisotopic (exact) mass is 373 g/mol. The molecule has 1 saturated carbocycles. The van der Waals surface area contributed by atoms with Crippen molar-refractivity contribution in [1.29, 1.82) is 0 Å². The Balaban J connectivity index is 1.50. The molecule has 1 amide bonds. The number of carbonyl (C=O) groups is 1. The molecule has 5 nitrogen and oxygen atoms in total. The van der Waals surface area contributed by atoms with Crippen molar-refractivity contribution in [1.82, 2.24) is 14.9 Å². The number of aryl methyl sites for hydroxylation is 2. The Morgan fingerprint density at radius 3 is 2.65 bits per heavy atom. The summed E-state index contributed by atoms with van der Waals surface area (Å²) >= 11 is 1.65. The molecule has 0 saturated heterocycles. The van der Waals surface area contributed by atoms with Crippen molar-refractivity contribution < 1.29 is 4.79 Å². The van der Waals surface area contributed by atoms with Gasteiger partial charge in [0.2, 0.25) is 5.91 Å². The van der Waals surface area contributed by atoms with Crippen LogP contribution in [0.2, 0.25) is 0 Å². The molecule has 0 bridgehead atoms. The highest BCUT2D eigenvalue weighted by Crippen LogP contribution is 2.33. The number of rotatable bonds is 3. The fourth-order valence-electron chi connectivity index (χ4n) is 4.32. The maximum atomic E-state index is 12.9. The second kappa shape index (κ2) is 7.91. The summed E-state index contributed by atoms with van der Waals surface area (Å²) in [6.45, 7) is 0.0723.